The largest absolute Gasteiger partial charge is 0.479 e. The minimum absolute atomic E-state index is 0.0388. The number of carboxylic acid groups (broad SMARTS) is 1. The van der Waals surface area contributed by atoms with E-state index in [1.807, 2.05) is 0 Å². The second-order valence-electron chi connectivity index (χ2n) is 5.34. The van der Waals surface area contributed by atoms with Gasteiger partial charge in [0.1, 0.15) is 0 Å². The molecule has 0 radical (unpaired) electrons. The zero-order valence-corrected chi connectivity index (χ0v) is 14.2. The average Bonchev–Trinajstić information content (AvgIpc) is 2.47. The molecule has 0 saturated heterocycles. The number of benzene rings is 1. The zero-order valence-electron chi connectivity index (χ0n) is 13.4. The highest BCUT2D eigenvalue weighted by Crippen LogP contribution is 2.15. The molecule has 0 heterocycles. The smallest absolute Gasteiger partial charge is 0.331 e. The third-order valence-electron chi connectivity index (χ3n) is 3.19. The first-order chi connectivity index (χ1) is 10.5. The number of rotatable bonds is 7. The van der Waals surface area contributed by atoms with E-state index in [0.29, 0.717) is 0 Å². The summed E-state index contributed by atoms with van der Waals surface area (Å²) in [7, 11) is 0.542. The van der Waals surface area contributed by atoms with E-state index >= 15 is 0 Å². The van der Waals surface area contributed by atoms with Gasteiger partial charge in [-0.05, 0) is 31.2 Å². The highest BCUT2D eigenvalue weighted by molar-refractivity contribution is 7.89. The molecule has 8 nitrogen and oxygen atoms in total. The summed E-state index contributed by atoms with van der Waals surface area (Å²) in [4.78, 5) is 23.4. The number of carboxylic acids is 1. The Balaban J connectivity index is 3.01. The predicted molar refractivity (Wildman–Crippen MR) is 82.7 cm³/mol. The maximum Gasteiger partial charge on any atom is 0.331 e. The first kappa shape index (κ1) is 19.1. The minimum atomic E-state index is -3.59. The highest BCUT2D eigenvalue weighted by atomic mass is 32.2. The fraction of sp³-hybridized carbons (Fsp3) is 0.429. The van der Waals surface area contributed by atoms with Gasteiger partial charge in [0.05, 0.1) is 11.5 Å². The van der Waals surface area contributed by atoms with E-state index < -0.39 is 27.4 Å². The molecule has 1 rings (SSSR count). The molecule has 9 heteroatoms. The van der Waals surface area contributed by atoms with E-state index in [-0.39, 0.29) is 17.1 Å². The van der Waals surface area contributed by atoms with Gasteiger partial charge in [0.2, 0.25) is 10.0 Å². The minimum Gasteiger partial charge on any atom is -0.479 e. The van der Waals surface area contributed by atoms with Crippen LogP contribution in [0.1, 0.15) is 17.3 Å². The van der Waals surface area contributed by atoms with Crippen LogP contribution < -0.4 is 5.32 Å². The number of carbonyl (C=O) groups is 2. The molecule has 1 aromatic carbocycles. The standard InChI is InChI=1S/C14H20N2O6S/c1-14(9-22-4,13(18)19)15-12(17)10-5-7-11(8-6-10)23(20,21)16(2)3/h5-8H,9H2,1-4H3,(H,15,17)(H,18,19). The van der Waals surface area contributed by atoms with Gasteiger partial charge >= 0.3 is 5.97 Å². The van der Waals surface area contributed by atoms with Crippen molar-refractivity contribution in [2.45, 2.75) is 17.4 Å². The Hall–Kier alpha value is -1.97. The van der Waals surface area contributed by atoms with Crippen molar-refractivity contribution in [1.82, 2.24) is 9.62 Å². The molecule has 0 saturated carbocycles. The van der Waals surface area contributed by atoms with Crippen molar-refractivity contribution < 1.29 is 27.9 Å². The van der Waals surface area contributed by atoms with E-state index in [1.54, 1.807) is 0 Å². The second kappa shape index (κ2) is 7.07. The molecule has 0 aromatic heterocycles. The van der Waals surface area contributed by atoms with Gasteiger partial charge in [-0.1, -0.05) is 0 Å². The van der Waals surface area contributed by atoms with Gasteiger partial charge in [0, 0.05) is 26.8 Å². The Morgan fingerprint density at radius 3 is 2.17 bits per heavy atom. The van der Waals surface area contributed by atoms with Gasteiger partial charge in [-0.2, -0.15) is 0 Å². The molecule has 128 valence electrons. The summed E-state index contributed by atoms with van der Waals surface area (Å²) in [5.74, 6) is -1.87. The van der Waals surface area contributed by atoms with E-state index in [1.165, 1.54) is 52.4 Å². The molecule has 0 aliphatic heterocycles. The number of nitrogens with zero attached hydrogens (tertiary/aromatic N) is 1. The summed E-state index contributed by atoms with van der Waals surface area (Å²) < 4.78 is 29.8. The molecule has 0 bridgehead atoms. The molecule has 1 unspecified atom stereocenters. The number of nitrogens with one attached hydrogen (secondary N) is 1. The number of sulfonamides is 1. The number of aliphatic carboxylic acids is 1. The van der Waals surface area contributed by atoms with Crippen molar-refractivity contribution in [2.24, 2.45) is 0 Å². The number of carbonyl (C=O) groups excluding carboxylic acids is 1. The summed E-state index contributed by atoms with van der Waals surface area (Å²) in [6, 6.07) is 5.22. The SMILES string of the molecule is COCC(C)(NC(=O)c1ccc(S(=O)(=O)N(C)C)cc1)C(=O)O. The number of ether oxygens (including phenoxy) is 1. The molecule has 23 heavy (non-hydrogen) atoms. The predicted octanol–water partition coefficient (Wildman–Crippen LogP) is 0.156. The van der Waals surface area contributed by atoms with Crippen molar-refractivity contribution in [3.63, 3.8) is 0 Å². The number of amides is 1. The van der Waals surface area contributed by atoms with Crippen molar-refractivity contribution in [1.29, 1.82) is 0 Å². The third-order valence-corrected chi connectivity index (χ3v) is 5.02. The Morgan fingerprint density at radius 1 is 1.26 bits per heavy atom. The zero-order chi connectivity index (χ0) is 17.8. The van der Waals surface area contributed by atoms with Crippen molar-refractivity contribution in [3.05, 3.63) is 29.8 Å². The average molecular weight is 344 g/mol. The van der Waals surface area contributed by atoms with Crippen LogP contribution >= 0.6 is 0 Å². The normalized spacial score (nSPS) is 14.3. The van der Waals surface area contributed by atoms with Crippen LogP contribution in [0, 0.1) is 0 Å². The summed E-state index contributed by atoms with van der Waals surface area (Å²) in [5.41, 5.74) is -1.44. The van der Waals surface area contributed by atoms with Crippen LogP contribution in [0.5, 0.6) is 0 Å². The Morgan fingerprint density at radius 2 is 1.78 bits per heavy atom. The second-order valence-corrected chi connectivity index (χ2v) is 7.49. The molecule has 0 spiro atoms. The lowest BCUT2D eigenvalue weighted by atomic mass is 10.0. The molecule has 1 amide bonds. The Kier molecular flexibility index (Phi) is 5.86. The van der Waals surface area contributed by atoms with Crippen LogP contribution in [0.3, 0.4) is 0 Å². The molecular weight excluding hydrogens is 324 g/mol. The first-order valence-corrected chi connectivity index (χ1v) is 8.06. The highest BCUT2D eigenvalue weighted by Gasteiger charge is 2.35. The fourth-order valence-corrected chi connectivity index (χ4v) is 2.65. The van der Waals surface area contributed by atoms with E-state index in [9.17, 15) is 23.1 Å². The van der Waals surface area contributed by atoms with Crippen LogP contribution in [0.2, 0.25) is 0 Å². The number of hydrogen-bond donors (Lipinski definition) is 2. The molecule has 0 fully saturated rings. The maximum atomic E-state index is 12.1. The summed E-state index contributed by atoms with van der Waals surface area (Å²) >= 11 is 0. The lowest BCUT2D eigenvalue weighted by Gasteiger charge is -2.25. The van der Waals surface area contributed by atoms with Gasteiger partial charge in [0.15, 0.2) is 5.54 Å². The van der Waals surface area contributed by atoms with Crippen LogP contribution in [0.15, 0.2) is 29.2 Å². The van der Waals surface area contributed by atoms with Crippen LogP contribution in [-0.4, -0.2) is 63.1 Å². The quantitative estimate of drug-likeness (QED) is 0.728. The van der Waals surface area contributed by atoms with Gasteiger partial charge in [-0.25, -0.2) is 17.5 Å². The summed E-state index contributed by atoms with van der Waals surface area (Å²) in [6.45, 7) is 1.11. The molecule has 1 atom stereocenters. The fourth-order valence-electron chi connectivity index (χ4n) is 1.75. The monoisotopic (exact) mass is 344 g/mol. The topological polar surface area (TPSA) is 113 Å². The van der Waals surface area contributed by atoms with Crippen LogP contribution in [-0.2, 0) is 19.6 Å². The van der Waals surface area contributed by atoms with Crippen LogP contribution in [0.25, 0.3) is 0 Å². The lowest BCUT2D eigenvalue weighted by molar-refractivity contribution is -0.145. The van der Waals surface area contributed by atoms with Crippen molar-refractivity contribution in [2.75, 3.05) is 27.8 Å². The Bertz CT molecular complexity index is 684. The number of methoxy groups -OCH3 is 1. The number of hydrogen-bond acceptors (Lipinski definition) is 5. The first-order valence-electron chi connectivity index (χ1n) is 6.62. The third kappa shape index (κ3) is 4.27. The Labute approximate surface area is 135 Å². The van der Waals surface area contributed by atoms with Gasteiger partial charge in [0.25, 0.3) is 5.91 Å². The van der Waals surface area contributed by atoms with E-state index in [2.05, 4.69) is 5.32 Å². The van der Waals surface area contributed by atoms with E-state index in [0.717, 1.165) is 4.31 Å². The van der Waals surface area contributed by atoms with E-state index in [4.69, 9.17) is 4.74 Å². The maximum absolute atomic E-state index is 12.1. The van der Waals surface area contributed by atoms with Crippen molar-refractivity contribution >= 4 is 21.9 Å². The molecular formula is C14H20N2O6S. The molecule has 0 aliphatic rings. The molecule has 0 aliphatic carbocycles. The summed E-state index contributed by atoms with van der Waals surface area (Å²) in [6.07, 6.45) is 0. The van der Waals surface area contributed by atoms with Gasteiger partial charge < -0.3 is 15.2 Å². The van der Waals surface area contributed by atoms with Gasteiger partial charge in [-0.15, -0.1) is 0 Å². The molecule has 2 N–H and O–H groups in total. The summed E-state index contributed by atoms with van der Waals surface area (Å²) in [5, 5.41) is 11.6. The lowest BCUT2D eigenvalue weighted by Crippen LogP contribution is -2.55. The van der Waals surface area contributed by atoms with Gasteiger partial charge in [-0.3, -0.25) is 4.79 Å². The van der Waals surface area contributed by atoms with Crippen molar-refractivity contribution in [3.8, 4) is 0 Å². The van der Waals surface area contributed by atoms with Crippen LogP contribution in [0.4, 0.5) is 0 Å². The molecule has 1 aromatic rings.